The van der Waals surface area contributed by atoms with Crippen LogP contribution in [0.1, 0.15) is 44.1 Å². The van der Waals surface area contributed by atoms with Crippen molar-refractivity contribution in [2.45, 2.75) is 26.4 Å². The van der Waals surface area contributed by atoms with E-state index in [1.165, 1.54) is 16.8 Å². The van der Waals surface area contributed by atoms with Gasteiger partial charge in [0, 0.05) is 18.3 Å². The minimum Gasteiger partial charge on any atom is -0.542 e. The van der Waals surface area contributed by atoms with Crippen LogP contribution in [0.5, 0.6) is 0 Å². The molecule has 1 aliphatic heterocycles. The highest BCUT2D eigenvalue weighted by molar-refractivity contribution is 6.28. The Labute approximate surface area is 146 Å². The van der Waals surface area contributed by atoms with Gasteiger partial charge in [-0.15, -0.1) is 0 Å². The Morgan fingerprint density at radius 3 is 2.42 bits per heavy atom. The minimum absolute atomic E-state index is 0.0894. The number of H-pyrrole nitrogens is 2. The monoisotopic (exact) mass is 367 g/mol. The molecule has 1 aliphatic carbocycles. The summed E-state index contributed by atoms with van der Waals surface area (Å²) in [6.07, 6.45) is -2.21. The third-order valence-corrected chi connectivity index (χ3v) is 4.72. The van der Waals surface area contributed by atoms with Gasteiger partial charge in [0.15, 0.2) is 0 Å². The molecule has 0 unspecified atom stereocenters. The number of carbonyl (C=O) groups is 2. The van der Waals surface area contributed by atoms with Gasteiger partial charge in [-0.2, -0.15) is 13.2 Å². The molecule has 0 bridgehead atoms. The summed E-state index contributed by atoms with van der Waals surface area (Å²) in [4.78, 5) is 27.8. The maximum atomic E-state index is 12.6. The summed E-state index contributed by atoms with van der Waals surface area (Å²) in [5.41, 5.74) is 8.42. The zero-order valence-corrected chi connectivity index (χ0v) is 14.3. The van der Waals surface area contributed by atoms with Crippen LogP contribution >= 0.6 is 0 Å². The maximum absolute atomic E-state index is 12.6. The van der Waals surface area contributed by atoms with E-state index in [0.29, 0.717) is 0 Å². The lowest BCUT2D eigenvalue weighted by molar-refractivity contribution is -0.497. The van der Waals surface area contributed by atoms with Gasteiger partial charge in [-0.25, -0.2) is 4.58 Å². The number of carbonyl (C=O) groups excluding carboxylic acids is 2. The van der Waals surface area contributed by atoms with Crippen LogP contribution in [-0.4, -0.2) is 51.8 Å². The van der Waals surface area contributed by atoms with Crippen molar-refractivity contribution in [2.24, 2.45) is 0 Å². The van der Waals surface area contributed by atoms with Crippen LogP contribution in [0.25, 0.3) is 0 Å². The molecule has 2 aromatic rings. The van der Waals surface area contributed by atoms with E-state index in [9.17, 15) is 18.0 Å². The lowest BCUT2D eigenvalue weighted by atomic mass is 9.85. The van der Waals surface area contributed by atoms with Crippen molar-refractivity contribution in [3.8, 4) is 0 Å². The predicted octanol–water partition coefficient (Wildman–Crippen LogP) is 0.838. The summed E-state index contributed by atoms with van der Waals surface area (Å²) >= 11 is 0. The Hall–Kier alpha value is -2.84. The number of aliphatic carboxylic acids is 1. The maximum Gasteiger partial charge on any atom is 0.430 e. The molecule has 0 aromatic carbocycles. The summed E-state index contributed by atoms with van der Waals surface area (Å²) in [6.45, 7) is 5.11. The van der Waals surface area contributed by atoms with Crippen molar-refractivity contribution < 1.29 is 32.4 Å². The molecule has 0 fully saturated rings. The molecular weight excluding hydrogens is 351 g/mol. The molecule has 0 saturated carbocycles. The number of carboxylic acids is 1. The minimum atomic E-state index is -5.19. The molecule has 138 valence electrons. The first-order valence-electron chi connectivity index (χ1n) is 7.85. The van der Waals surface area contributed by atoms with Crippen LogP contribution in [0.4, 0.5) is 13.2 Å². The number of aromatic amines is 2. The number of fused-ring (bicyclic) bond motifs is 2. The van der Waals surface area contributed by atoms with Crippen molar-refractivity contribution in [1.82, 2.24) is 9.97 Å². The standard InChI is InChI=1S/C15H15N3O.C2HF3O2/c1-7-8(2)17-13-10(7)14-11-9(4-5-18(14)3)6-16-12(11)15(13)19;3-2(4,5)1(6)7/h6H,4-5H2,1-3H3,(H,16,17,19);(H,6,7). The van der Waals surface area contributed by atoms with Gasteiger partial charge in [-0.1, -0.05) is 0 Å². The number of alkyl halides is 3. The molecule has 6 nitrogen and oxygen atoms in total. The Morgan fingerprint density at radius 1 is 1.23 bits per heavy atom. The largest absolute Gasteiger partial charge is 0.542 e. The number of aryl methyl sites for hydroxylation is 1. The first-order valence-corrected chi connectivity index (χ1v) is 7.85. The lowest BCUT2D eigenvalue weighted by Crippen LogP contribution is -2.37. The van der Waals surface area contributed by atoms with E-state index >= 15 is 0 Å². The highest BCUT2D eigenvalue weighted by Crippen LogP contribution is 2.34. The average molecular weight is 367 g/mol. The Morgan fingerprint density at radius 2 is 1.85 bits per heavy atom. The van der Waals surface area contributed by atoms with Gasteiger partial charge < -0.3 is 19.9 Å². The van der Waals surface area contributed by atoms with E-state index in [1.54, 1.807) is 0 Å². The molecule has 2 aliphatic rings. The van der Waals surface area contributed by atoms with Crippen LogP contribution in [0.3, 0.4) is 0 Å². The number of nitrogens with one attached hydrogen (secondary N) is 2. The van der Waals surface area contributed by atoms with Crippen LogP contribution in [-0.2, 0) is 11.2 Å². The van der Waals surface area contributed by atoms with Gasteiger partial charge in [0.2, 0.25) is 11.5 Å². The highest BCUT2D eigenvalue weighted by Gasteiger charge is 2.41. The third-order valence-electron chi connectivity index (χ3n) is 4.72. The van der Waals surface area contributed by atoms with Gasteiger partial charge in [0.25, 0.3) is 0 Å². The summed E-state index contributed by atoms with van der Waals surface area (Å²) in [5, 5.41) is 8.78. The van der Waals surface area contributed by atoms with Crippen molar-refractivity contribution in [1.29, 1.82) is 0 Å². The third kappa shape index (κ3) is 2.63. The number of ketones is 1. The first kappa shape index (κ1) is 18.0. The Balaban J connectivity index is 0.000000242. The number of halogens is 3. The molecule has 2 aromatic heterocycles. The zero-order valence-electron chi connectivity index (χ0n) is 14.3. The van der Waals surface area contributed by atoms with Crippen LogP contribution < -0.4 is 5.11 Å². The summed E-state index contributed by atoms with van der Waals surface area (Å²) in [6, 6.07) is 0. The van der Waals surface area contributed by atoms with E-state index in [-0.39, 0.29) is 5.78 Å². The average Bonchev–Trinajstić information content (AvgIpc) is 3.10. The number of nitrogens with zero attached hydrogens (tertiary/aromatic N) is 1. The smallest absolute Gasteiger partial charge is 0.430 e. The lowest BCUT2D eigenvalue weighted by Gasteiger charge is -2.19. The number of hydrogen-bond acceptors (Lipinski definition) is 3. The Kier molecular flexibility index (Phi) is 4.05. The van der Waals surface area contributed by atoms with Crippen molar-refractivity contribution in [2.75, 3.05) is 13.6 Å². The molecule has 4 rings (SSSR count). The normalized spacial score (nSPS) is 15.2. The number of hydrogen-bond donors (Lipinski definition) is 2. The SMILES string of the molecule is Cc1[nH]c2c(c1C)C1=[N+](C)CCc3c[nH]c(c31)C2=O.O=C([O-])C(F)(F)F. The molecule has 0 saturated heterocycles. The fourth-order valence-electron chi connectivity index (χ4n) is 3.33. The van der Waals surface area contributed by atoms with Crippen molar-refractivity contribution >= 4 is 17.5 Å². The second-order valence-corrected chi connectivity index (χ2v) is 6.32. The van der Waals surface area contributed by atoms with E-state index < -0.39 is 12.1 Å². The fourth-order valence-corrected chi connectivity index (χ4v) is 3.33. The number of aromatic nitrogens is 2. The van der Waals surface area contributed by atoms with E-state index in [1.807, 2.05) is 13.1 Å². The Bertz CT molecular complexity index is 964. The van der Waals surface area contributed by atoms with E-state index in [0.717, 1.165) is 41.2 Å². The van der Waals surface area contributed by atoms with E-state index in [2.05, 4.69) is 28.5 Å². The molecule has 26 heavy (non-hydrogen) atoms. The van der Waals surface area contributed by atoms with Crippen molar-refractivity contribution in [3.05, 3.63) is 45.5 Å². The summed E-state index contributed by atoms with van der Waals surface area (Å²) in [5.74, 6) is -2.92. The van der Waals surface area contributed by atoms with E-state index in [4.69, 9.17) is 9.90 Å². The van der Waals surface area contributed by atoms with Crippen LogP contribution in [0.2, 0.25) is 0 Å². The predicted molar refractivity (Wildman–Crippen MR) is 83.5 cm³/mol. The van der Waals surface area contributed by atoms with Gasteiger partial charge in [-0.05, 0) is 25.0 Å². The molecule has 0 radical (unpaired) electrons. The van der Waals surface area contributed by atoms with Gasteiger partial charge in [0.05, 0.1) is 11.1 Å². The molecular formula is C17H16F3N3O3. The summed E-state index contributed by atoms with van der Waals surface area (Å²) in [7, 11) is 2.11. The fraction of sp³-hybridized carbons (Fsp3) is 0.353. The second-order valence-electron chi connectivity index (χ2n) is 6.32. The molecule has 0 atom stereocenters. The van der Waals surface area contributed by atoms with Gasteiger partial charge in [-0.3, -0.25) is 4.79 Å². The quantitative estimate of drug-likeness (QED) is 0.577. The zero-order chi connectivity index (χ0) is 19.4. The van der Waals surface area contributed by atoms with Crippen LogP contribution in [0, 0.1) is 13.8 Å². The topological polar surface area (TPSA) is 91.8 Å². The van der Waals surface area contributed by atoms with Gasteiger partial charge in [0.1, 0.15) is 30.9 Å². The molecule has 0 spiro atoms. The number of carboxylic acid groups (broad SMARTS) is 1. The second kappa shape index (κ2) is 5.86. The molecule has 0 amide bonds. The molecule has 9 heteroatoms. The van der Waals surface area contributed by atoms with Crippen LogP contribution in [0.15, 0.2) is 6.20 Å². The number of rotatable bonds is 0. The van der Waals surface area contributed by atoms with Crippen molar-refractivity contribution in [3.63, 3.8) is 0 Å². The first-order chi connectivity index (χ1) is 12.0. The molecule has 2 N–H and O–H groups in total. The summed E-state index contributed by atoms with van der Waals surface area (Å²) < 4.78 is 33.8. The number of likely N-dealkylation sites (N-methyl/N-ethyl adjacent to an activating group) is 1. The van der Waals surface area contributed by atoms with Gasteiger partial charge >= 0.3 is 6.18 Å². The molecule has 3 heterocycles. The highest BCUT2D eigenvalue weighted by atomic mass is 19.4.